The summed E-state index contributed by atoms with van der Waals surface area (Å²) < 4.78 is 11.5. The lowest BCUT2D eigenvalue weighted by Crippen LogP contribution is -2.45. The highest BCUT2D eigenvalue weighted by molar-refractivity contribution is 7.10. The van der Waals surface area contributed by atoms with Crippen molar-refractivity contribution in [3.05, 3.63) is 21.9 Å². The van der Waals surface area contributed by atoms with Gasteiger partial charge in [0.1, 0.15) is 0 Å². The molecule has 2 unspecified atom stereocenters. The molecule has 0 bridgehead atoms. The Labute approximate surface area is 118 Å². The maximum absolute atomic E-state index is 10.7. The van der Waals surface area contributed by atoms with Crippen LogP contribution in [0.15, 0.2) is 11.4 Å². The molecule has 2 fully saturated rings. The lowest BCUT2D eigenvalue weighted by Gasteiger charge is -2.44. The Kier molecular flexibility index (Phi) is 3.94. The Balaban J connectivity index is 1.72. The summed E-state index contributed by atoms with van der Waals surface area (Å²) in [4.78, 5) is 1.13. The molecule has 0 radical (unpaired) electrons. The summed E-state index contributed by atoms with van der Waals surface area (Å²) >= 11 is 1.67. The summed E-state index contributed by atoms with van der Waals surface area (Å²) in [5.74, 6) is 0.323. The van der Waals surface area contributed by atoms with Crippen molar-refractivity contribution in [2.45, 2.75) is 44.3 Å². The average molecular weight is 282 g/mol. The molecule has 3 nitrogen and oxygen atoms in total. The molecule has 2 atom stereocenters. The normalized spacial score (nSPS) is 28.4. The Bertz CT molecular complexity index is 417. The fraction of sp³-hybridized carbons (Fsp3) is 0.733. The molecule has 1 N–H and O–H groups in total. The van der Waals surface area contributed by atoms with E-state index in [0.29, 0.717) is 5.92 Å². The smallest absolute Gasteiger partial charge is 0.0914 e. The van der Waals surface area contributed by atoms with Gasteiger partial charge in [-0.15, -0.1) is 11.3 Å². The second-order valence-electron chi connectivity index (χ2n) is 5.81. The molecule has 1 aromatic rings. The summed E-state index contributed by atoms with van der Waals surface area (Å²) in [5.41, 5.74) is 1.18. The number of aryl methyl sites for hydroxylation is 1. The molecule has 0 amide bonds. The van der Waals surface area contributed by atoms with Gasteiger partial charge < -0.3 is 14.6 Å². The molecule has 3 heterocycles. The molecule has 0 saturated carbocycles. The van der Waals surface area contributed by atoms with E-state index in [1.165, 1.54) is 5.56 Å². The van der Waals surface area contributed by atoms with Crippen molar-refractivity contribution in [1.29, 1.82) is 0 Å². The number of thiophene rings is 1. The van der Waals surface area contributed by atoms with Crippen LogP contribution < -0.4 is 0 Å². The summed E-state index contributed by atoms with van der Waals surface area (Å²) in [7, 11) is 0. The zero-order valence-electron chi connectivity index (χ0n) is 11.4. The Hall–Kier alpha value is -0.420. The SMILES string of the molecule is Cc1ccsc1C(O)C1CCOC2(CCOCC2)C1. The van der Waals surface area contributed by atoms with Gasteiger partial charge in [-0.3, -0.25) is 0 Å². The zero-order valence-corrected chi connectivity index (χ0v) is 12.2. The van der Waals surface area contributed by atoms with E-state index in [2.05, 4.69) is 18.4 Å². The standard InChI is InChI=1S/C15H22O3S/c1-11-3-9-19-14(11)13(16)12-2-6-18-15(10-12)4-7-17-8-5-15/h3,9,12-13,16H,2,4-8,10H2,1H3. The molecule has 0 aromatic carbocycles. The quantitative estimate of drug-likeness (QED) is 0.906. The van der Waals surface area contributed by atoms with Gasteiger partial charge in [-0.2, -0.15) is 0 Å². The molecule has 2 aliphatic rings. The molecule has 3 rings (SSSR count). The molecule has 2 saturated heterocycles. The van der Waals surface area contributed by atoms with Crippen molar-refractivity contribution in [3.63, 3.8) is 0 Å². The molecule has 1 aromatic heterocycles. The maximum atomic E-state index is 10.7. The van der Waals surface area contributed by atoms with Gasteiger partial charge >= 0.3 is 0 Å². The Morgan fingerprint density at radius 3 is 2.84 bits per heavy atom. The van der Waals surface area contributed by atoms with Crippen LogP contribution >= 0.6 is 11.3 Å². The van der Waals surface area contributed by atoms with Crippen LogP contribution in [-0.2, 0) is 9.47 Å². The molecular weight excluding hydrogens is 260 g/mol. The van der Waals surface area contributed by atoms with Gasteiger partial charge in [0, 0.05) is 24.7 Å². The first kappa shape index (κ1) is 13.6. The van der Waals surface area contributed by atoms with E-state index in [9.17, 15) is 5.11 Å². The van der Waals surface area contributed by atoms with Crippen molar-refractivity contribution < 1.29 is 14.6 Å². The molecule has 19 heavy (non-hydrogen) atoms. The summed E-state index contributed by atoms with van der Waals surface area (Å²) in [5, 5.41) is 12.7. The molecule has 4 heteroatoms. The van der Waals surface area contributed by atoms with Gasteiger partial charge in [0.05, 0.1) is 11.7 Å². The number of aliphatic hydroxyl groups excluding tert-OH is 1. The van der Waals surface area contributed by atoms with E-state index >= 15 is 0 Å². The predicted octanol–water partition coefficient (Wildman–Crippen LogP) is 3.07. The number of ether oxygens (including phenoxy) is 2. The highest BCUT2D eigenvalue weighted by Crippen LogP contribution is 2.43. The molecular formula is C15H22O3S. The van der Waals surface area contributed by atoms with Crippen LogP contribution in [-0.4, -0.2) is 30.5 Å². The topological polar surface area (TPSA) is 38.7 Å². The second kappa shape index (κ2) is 5.52. The van der Waals surface area contributed by atoms with E-state index in [-0.39, 0.29) is 11.7 Å². The third kappa shape index (κ3) is 2.72. The minimum Gasteiger partial charge on any atom is -0.387 e. The van der Waals surface area contributed by atoms with Crippen molar-refractivity contribution >= 4 is 11.3 Å². The second-order valence-corrected chi connectivity index (χ2v) is 6.76. The number of aliphatic hydroxyl groups is 1. The fourth-order valence-corrected chi connectivity index (χ4v) is 4.33. The Morgan fingerprint density at radius 1 is 1.37 bits per heavy atom. The van der Waals surface area contributed by atoms with Crippen LogP contribution in [0.3, 0.4) is 0 Å². The lowest BCUT2D eigenvalue weighted by atomic mass is 9.78. The van der Waals surface area contributed by atoms with Gasteiger partial charge in [0.25, 0.3) is 0 Å². The van der Waals surface area contributed by atoms with Gasteiger partial charge in [0.2, 0.25) is 0 Å². The van der Waals surface area contributed by atoms with E-state index in [4.69, 9.17) is 9.47 Å². The van der Waals surface area contributed by atoms with Crippen LogP contribution in [0.4, 0.5) is 0 Å². The van der Waals surface area contributed by atoms with Gasteiger partial charge in [-0.05, 0) is 55.5 Å². The third-order valence-electron chi connectivity index (χ3n) is 4.55. The Morgan fingerprint density at radius 2 is 2.16 bits per heavy atom. The van der Waals surface area contributed by atoms with Gasteiger partial charge in [-0.1, -0.05) is 0 Å². The van der Waals surface area contributed by atoms with Crippen molar-refractivity contribution in [3.8, 4) is 0 Å². The van der Waals surface area contributed by atoms with Crippen LogP contribution in [0.25, 0.3) is 0 Å². The molecule has 2 aliphatic heterocycles. The molecule has 106 valence electrons. The zero-order chi connectivity index (χ0) is 13.3. The van der Waals surface area contributed by atoms with Gasteiger partial charge in [0.15, 0.2) is 0 Å². The fourth-order valence-electron chi connectivity index (χ4n) is 3.33. The van der Waals surface area contributed by atoms with E-state index in [1.54, 1.807) is 11.3 Å². The van der Waals surface area contributed by atoms with Crippen molar-refractivity contribution in [2.75, 3.05) is 19.8 Å². The molecule has 0 aliphatic carbocycles. The summed E-state index contributed by atoms with van der Waals surface area (Å²) in [6, 6.07) is 2.09. The summed E-state index contributed by atoms with van der Waals surface area (Å²) in [6.07, 6.45) is 3.54. The van der Waals surface area contributed by atoms with Crippen LogP contribution in [0, 0.1) is 12.8 Å². The number of hydrogen-bond donors (Lipinski definition) is 1. The first-order valence-electron chi connectivity index (χ1n) is 7.14. The third-order valence-corrected chi connectivity index (χ3v) is 5.64. The van der Waals surface area contributed by atoms with Crippen LogP contribution in [0.5, 0.6) is 0 Å². The monoisotopic (exact) mass is 282 g/mol. The largest absolute Gasteiger partial charge is 0.387 e. The van der Waals surface area contributed by atoms with E-state index in [1.807, 2.05) is 0 Å². The van der Waals surface area contributed by atoms with Crippen LogP contribution in [0.1, 0.15) is 42.2 Å². The first-order valence-corrected chi connectivity index (χ1v) is 8.02. The minimum atomic E-state index is -0.330. The van der Waals surface area contributed by atoms with Crippen LogP contribution in [0.2, 0.25) is 0 Å². The van der Waals surface area contributed by atoms with Crippen molar-refractivity contribution in [2.24, 2.45) is 5.92 Å². The van der Waals surface area contributed by atoms with Gasteiger partial charge in [-0.25, -0.2) is 0 Å². The lowest BCUT2D eigenvalue weighted by molar-refractivity contribution is -0.158. The van der Waals surface area contributed by atoms with E-state index < -0.39 is 0 Å². The number of rotatable bonds is 2. The van der Waals surface area contributed by atoms with E-state index in [0.717, 1.165) is 50.4 Å². The predicted molar refractivity (Wildman–Crippen MR) is 75.5 cm³/mol. The van der Waals surface area contributed by atoms with Crippen molar-refractivity contribution in [1.82, 2.24) is 0 Å². The molecule has 1 spiro atoms. The minimum absolute atomic E-state index is 0.0344. The summed E-state index contributed by atoms with van der Waals surface area (Å²) in [6.45, 7) is 4.44. The maximum Gasteiger partial charge on any atom is 0.0914 e. The average Bonchev–Trinajstić information content (AvgIpc) is 2.85. The first-order chi connectivity index (χ1) is 9.20. The number of hydrogen-bond acceptors (Lipinski definition) is 4. The highest BCUT2D eigenvalue weighted by Gasteiger charge is 2.41. The highest BCUT2D eigenvalue weighted by atomic mass is 32.1.